The van der Waals surface area contributed by atoms with Crippen LogP contribution in [-0.4, -0.2) is 29.0 Å². The summed E-state index contributed by atoms with van der Waals surface area (Å²) in [6.45, 7) is 2.57. The lowest BCUT2D eigenvalue weighted by Gasteiger charge is -2.02. The quantitative estimate of drug-likeness (QED) is 0.698. The molecule has 0 aliphatic heterocycles. The Hall–Kier alpha value is -2.55. The van der Waals surface area contributed by atoms with E-state index in [0.717, 1.165) is 5.52 Å². The number of hydrogen-bond acceptors (Lipinski definition) is 4. The van der Waals surface area contributed by atoms with Crippen molar-refractivity contribution in [2.75, 3.05) is 18.4 Å². The highest BCUT2D eigenvalue weighted by atomic mass is 16.1. The molecule has 0 radical (unpaired) electrons. The van der Waals surface area contributed by atoms with Gasteiger partial charge in [0.15, 0.2) is 0 Å². The van der Waals surface area contributed by atoms with Crippen LogP contribution in [0.4, 0.5) is 5.95 Å². The van der Waals surface area contributed by atoms with Crippen molar-refractivity contribution in [2.24, 2.45) is 0 Å². The first-order valence-electron chi connectivity index (χ1n) is 5.58. The van der Waals surface area contributed by atoms with E-state index in [2.05, 4.69) is 26.7 Å². The molecule has 0 aliphatic carbocycles. The molecule has 0 fully saturated rings. The van der Waals surface area contributed by atoms with Gasteiger partial charge >= 0.3 is 0 Å². The molecule has 6 heteroatoms. The van der Waals surface area contributed by atoms with Gasteiger partial charge in [0.05, 0.1) is 11.1 Å². The van der Waals surface area contributed by atoms with Crippen LogP contribution in [0.15, 0.2) is 18.2 Å². The number of imidazole rings is 1. The van der Waals surface area contributed by atoms with E-state index in [1.54, 1.807) is 12.1 Å². The van der Waals surface area contributed by atoms with Gasteiger partial charge in [-0.15, -0.1) is 0 Å². The lowest BCUT2D eigenvalue weighted by molar-refractivity contribution is -0.118. The molecule has 1 aromatic carbocycles. The first-order valence-corrected chi connectivity index (χ1v) is 5.58. The minimum atomic E-state index is -0.0619. The van der Waals surface area contributed by atoms with Crippen LogP contribution in [0.5, 0.6) is 0 Å². The second kappa shape index (κ2) is 5.19. The number of nitriles is 1. The molecule has 1 aromatic heterocycles. The Morgan fingerprint density at radius 1 is 1.50 bits per heavy atom. The van der Waals surface area contributed by atoms with E-state index in [-0.39, 0.29) is 5.91 Å². The maximum absolute atomic E-state index is 10.7. The number of carbonyl (C=O) groups is 1. The molecule has 3 N–H and O–H groups in total. The summed E-state index contributed by atoms with van der Waals surface area (Å²) >= 11 is 0. The summed E-state index contributed by atoms with van der Waals surface area (Å²) in [7, 11) is 0. The van der Waals surface area contributed by atoms with Gasteiger partial charge in [-0.05, 0) is 12.1 Å². The largest absolute Gasteiger partial charge is 0.355 e. The number of aromatic nitrogens is 2. The van der Waals surface area contributed by atoms with Gasteiger partial charge in [0.25, 0.3) is 0 Å². The van der Waals surface area contributed by atoms with Gasteiger partial charge in [0, 0.05) is 20.0 Å². The molecular formula is C12H13N5O. The first kappa shape index (κ1) is 11.9. The number of hydrogen-bond donors (Lipinski definition) is 3. The normalized spacial score (nSPS) is 10.0. The first-order chi connectivity index (χ1) is 8.70. The number of nitrogens with zero attached hydrogens (tertiary/aromatic N) is 2. The standard InChI is InChI=1S/C12H13N5O/c1-8(18)14-5-6-15-12-16-10-4-2-3-9(7-13)11(10)17-12/h2-4H,5-6H2,1H3,(H,14,18)(H2,15,16,17). The zero-order valence-electron chi connectivity index (χ0n) is 9.95. The number of anilines is 1. The van der Waals surface area contributed by atoms with Crippen molar-refractivity contribution < 1.29 is 4.79 Å². The lowest BCUT2D eigenvalue weighted by Crippen LogP contribution is -2.26. The predicted octanol–water partition coefficient (Wildman–Crippen LogP) is 0.983. The molecule has 0 aliphatic rings. The van der Waals surface area contributed by atoms with Crippen molar-refractivity contribution in [3.05, 3.63) is 23.8 Å². The molecule has 0 bridgehead atoms. The molecule has 1 amide bonds. The molecule has 0 unspecified atom stereocenters. The average molecular weight is 243 g/mol. The molecule has 6 nitrogen and oxygen atoms in total. The van der Waals surface area contributed by atoms with Crippen molar-refractivity contribution in [3.63, 3.8) is 0 Å². The SMILES string of the molecule is CC(=O)NCCNc1nc2c(C#N)cccc2[nH]1. The topological polar surface area (TPSA) is 93.6 Å². The van der Waals surface area contributed by atoms with E-state index in [1.165, 1.54) is 6.92 Å². The monoisotopic (exact) mass is 243 g/mol. The van der Waals surface area contributed by atoms with Gasteiger partial charge in [0.2, 0.25) is 11.9 Å². The zero-order valence-corrected chi connectivity index (χ0v) is 9.95. The van der Waals surface area contributed by atoms with Gasteiger partial charge in [-0.1, -0.05) is 6.07 Å². The van der Waals surface area contributed by atoms with Crippen molar-refractivity contribution in [2.45, 2.75) is 6.92 Å². The number of fused-ring (bicyclic) bond motifs is 1. The molecule has 18 heavy (non-hydrogen) atoms. The number of rotatable bonds is 4. The van der Waals surface area contributed by atoms with Gasteiger partial charge < -0.3 is 15.6 Å². The molecule has 2 rings (SSSR count). The lowest BCUT2D eigenvalue weighted by atomic mass is 10.2. The highest BCUT2D eigenvalue weighted by molar-refractivity contribution is 5.83. The van der Waals surface area contributed by atoms with Crippen LogP contribution in [0.2, 0.25) is 0 Å². The number of benzene rings is 1. The van der Waals surface area contributed by atoms with Gasteiger partial charge in [-0.25, -0.2) is 4.98 Å². The van der Waals surface area contributed by atoms with E-state index >= 15 is 0 Å². The van der Waals surface area contributed by atoms with Gasteiger partial charge in [0.1, 0.15) is 11.6 Å². The molecular weight excluding hydrogens is 230 g/mol. The number of carbonyl (C=O) groups excluding carboxylic acids is 1. The van der Waals surface area contributed by atoms with Crippen LogP contribution in [0.1, 0.15) is 12.5 Å². The molecule has 0 saturated heterocycles. The van der Waals surface area contributed by atoms with E-state index in [0.29, 0.717) is 30.1 Å². The Labute approximate surface area is 104 Å². The van der Waals surface area contributed by atoms with Gasteiger partial charge in [-0.2, -0.15) is 5.26 Å². The summed E-state index contributed by atoms with van der Waals surface area (Å²) < 4.78 is 0. The fraction of sp³-hybridized carbons (Fsp3) is 0.250. The van der Waals surface area contributed by atoms with Crippen LogP contribution >= 0.6 is 0 Å². The zero-order chi connectivity index (χ0) is 13.0. The minimum absolute atomic E-state index is 0.0619. The highest BCUT2D eigenvalue weighted by Crippen LogP contribution is 2.17. The number of nitrogens with one attached hydrogen (secondary N) is 3. The molecule has 92 valence electrons. The third kappa shape index (κ3) is 2.58. The van der Waals surface area contributed by atoms with Crippen LogP contribution in [0.3, 0.4) is 0 Å². The number of H-pyrrole nitrogens is 1. The van der Waals surface area contributed by atoms with Crippen molar-refractivity contribution in [3.8, 4) is 6.07 Å². The fourth-order valence-corrected chi connectivity index (χ4v) is 1.63. The number of para-hydroxylation sites is 1. The third-order valence-corrected chi connectivity index (χ3v) is 2.42. The van der Waals surface area contributed by atoms with E-state index in [1.807, 2.05) is 6.07 Å². The number of aromatic amines is 1. The van der Waals surface area contributed by atoms with Crippen molar-refractivity contribution in [1.29, 1.82) is 5.26 Å². The summed E-state index contributed by atoms with van der Waals surface area (Å²) in [5, 5.41) is 14.7. The summed E-state index contributed by atoms with van der Waals surface area (Å²) in [6.07, 6.45) is 0. The fourth-order valence-electron chi connectivity index (χ4n) is 1.63. The molecule has 2 aromatic rings. The Morgan fingerprint density at radius 2 is 2.33 bits per heavy atom. The maximum atomic E-state index is 10.7. The Kier molecular flexibility index (Phi) is 3.44. The Balaban J connectivity index is 2.07. The average Bonchev–Trinajstić information content (AvgIpc) is 2.76. The van der Waals surface area contributed by atoms with Crippen molar-refractivity contribution in [1.82, 2.24) is 15.3 Å². The van der Waals surface area contributed by atoms with E-state index in [4.69, 9.17) is 5.26 Å². The summed E-state index contributed by atoms with van der Waals surface area (Å²) in [5.74, 6) is 0.534. The predicted molar refractivity (Wildman–Crippen MR) is 68.0 cm³/mol. The summed E-state index contributed by atoms with van der Waals surface area (Å²) in [5.41, 5.74) is 2.01. The second-order valence-electron chi connectivity index (χ2n) is 3.81. The maximum Gasteiger partial charge on any atom is 0.216 e. The smallest absolute Gasteiger partial charge is 0.216 e. The summed E-state index contributed by atoms with van der Waals surface area (Å²) in [4.78, 5) is 18.1. The van der Waals surface area contributed by atoms with Crippen LogP contribution in [-0.2, 0) is 4.79 Å². The Bertz CT molecular complexity index is 610. The van der Waals surface area contributed by atoms with E-state index in [9.17, 15) is 4.79 Å². The molecule has 1 heterocycles. The summed E-state index contributed by atoms with van der Waals surface area (Å²) in [6, 6.07) is 7.49. The van der Waals surface area contributed by atoms with Crippen LogP contribution < -0.4 is 10.6 Å². The van der Waals surface area contributed by atoms with Crippen LogP contribution in [0, 0.1) is 11.3 Å². The van der Waals surface area contributed by atoms with E-state index < -0.39 is 0 Å². The van der Waals surface area contributed by atoms with Gasteiger partial charge in [-0.3, -0.25) is 4.79 Å². The van der Waals surface area contributed by atoms with Crippen LogP contribution in [0.25, 0.3) is 11.0 Å². The molecule has 0 atom stereocenters. The third-order valence-electron chi connectivity index (χ3n) is 2.42. The van der Waals surface area contributed by atoms with Crippen molar-refractivity contribution >= 4 is 22.9 Å². The Morgan fingerprint density at radius 3 is 3.06 bits per heavy atom. The highest BCUT2D eigenvalue weighted by Gasteiger charge is 2.05. The minimum Gasteiger partial charge on any atom is -0.355 e. The number of amides is 1. The second-order valence-corrected chi connectivity index (χ2v) is 3.81. The molecule has 0 spiro atoms. The molecule has 0 saturated carbocycles.